The zero-order valence-electron chi connectivity index (χ0n) is 14.0. The molecule has 1 aliphatic rings. The molecule has 2 heterocycles. The van der Waals surface area contributed by atoms with Crippen LogP contribution in [0.5, 0.6) is 0 Å². The topological polar surface area (TPSA) is 67.6 Å². The Bertz CT molecular complexity index is 511. The van der Waals surface area contributed by atoms with E-state index in [1.807, 2.05) is 38.5 Å². The average molecular weight is 309 g/mol. The van der Waals surface area contributed by atoms with Crippen LogP contribution in [-0.4, -0.2) is 50.9 Å². The summed E-state index contributed by atoms with van der Waals surface area (Å²) >= 11 is 0. The maximum absolute atomic E-state index is 12.1. The molecule has 22 heavy (non-hydrogen) atoms. The van der Waals surface area contributed by atoms with Crippen molar-refractivity contribution in [3.8, 4) is 0 Å². The number of nitrogens with zero attached hydrogens (tertiary/aromatic N) is 3. The molecule has 1 aromatic heterocycles. The van der Waals surface area contributed by atoms with Crippen molar-refractivity contribution in [3.05, 3.63) is 17.7 Å². The highest BCUT2D eigenvalue weighted by Gasteiger charge is 2.29. The van der Waals surface area contributed by atoms with Crippen molar-refractivity contribution in [1.82, 2.24) is 14.5 Å². The quantitative estimate of drug-likeness (QED) is 0.930. The van der Waals surface area contributed by atoms with Gasteiger partial charge in [0.25, 0.3) is 0 Å². The third kappa shape index (κ3) is 4.22. The van der Waals surface area contributed by atoms with E-state index < -0.39 is 5.60 Å². The van der Waals surface area contributed by atoms with Gasteiger partial charge < -0.3 is 19.3 Å². The molecule has 1 saturated heterocycles. The summed E-state index contributed by atoms with van der Waals surface area (Å²) in [6.45, 7) is 9.66. The molecule has 0 aliphatic carbocycles. The summed E-state index contributed by atoms with van der Waals surface area (Å²) in [7, 11) is 0. The maximum Gasteiger partial charge on any atom is 0.410 e. The summed E-state index contributed by atoms with van der Waals surface area (Å²) in [4.78, 5) is 18.5. The Morgan fingerprint density at radius 2 is 2.05 bits per heavy atom. The first-order valence-corrected chi connectivity index (χ1v) is 7.92. The van der Waals surface area contributed by atoms with Gasteiger partial charge in [-0.3, -0.25) is 0 Å². The number of carbonyl (C=O) groups is 1. The van der Waals surface area contributed by atoms with Gasteiger partial charge in [-0.1, -0.05) is 0 Å². The van der Waals surface area contributed by atoms with Crippen LogP contribution >= 0.6 is 0 Å². The molecule has 0 unspecified atom stereocenters. The molecule has 1 aliphatic heterocycles. The number of hydrogen-bond donors (Lipinski definition) is 1. The number of aryl methyl sites for hydroxylation is 1. The zero-order chi connectivity index (χ0) is 16.3. The van der Waals surface area contributed by atoms with Gasteiger partial charge in [-0.15, -0.1) is 0 Å². The van der Waals surface area contributed by atoms with Crippen molar-refractivity contribution in [2.75, 3.05) is 19.7 Å². The Labute approximate surface area is 132 Å². The lowest BCUT2D eigenvalue weighted by Gasteiger charge is -2.33. The molecule has 1 fully saturated rings. The van der Waals surface area contributed by atoms with E-state index in [0.717, 1.165) is 24.4 Å². The fourth-order valence-corrected chi connectivity index (χ4v) is 2.82. The minimum absolute atomic E-state index is 0.111. The van der Waals surface area contributed by atoms with Crippen LogP contribution in [0.2, 0.25) is 0 Å². The van der Waals surface area contributed by atoms with Gasteiger partial charge in [-0.05, 0) is 40.5 Å². The van der Waals surface area contributed by atoms with Crippen LogP contribution in [0.1, 0.15) is 51.0 Å². The molecule has 124 valence electrons. The molecule has 1 N–H and O–H groups in total. The second-order valence-corrected chi connectivity index (χ2v) is 6.90. The monoisotopic (exact) mass is 309 g/mol. The van der Waals surface area contributed by atoms with Crippen LogP contribution < -0.4 is 0 Å². The van der Waals surface area contributed by atoms with E-state index in [1.54, 1.807) is 4.90 Å². The van der Waals surface area contributed by atoms with Gasteiger partial charge in [0.05, 0.1) is 12.3 Å². The van der Waals surface area contributed by atoms with E-state index in [4.69, 9.17) is 9.84 Å². The van der Waals surface area contributed by atoms with Crippen LogP contribution in [0, 0.1) is 6.92 Å². The summed E-state index contributed by atoms with van der Waals surface area (Å²) in [5.74, 6) is 1.36. The summed E-state index contributed by atoms with van der Waals surface area (Å²) < 4.78 is 7.45. The van der Waals surface area contributed by atoms with Crippen LogP contribution in [-0.2, 0) is 11.3 Å². The zero-order valence-corrected chi connectivity index (χ0v) is 14.0. The molecule has 6 heteroatoms. The molecule has 0 spiro atoms. The number of hydrogen-bond acceptors (Lipinski definition) is 4. The van der Waals surface area contributed by atoms with Crippen molar-refractivity contribution in [3.63, 3.8) is 0 Å². The second-order valence-electron chi connectivity index (χ2n) is 6.90. The van der Waals surface area contributed by atoms with Gasteiger partial charge in [0.1, 0.15) is 11.4 Å². The first kappa shape index (κ1) is 16.8. The molecular formula is C16H27N3O3. The van der Waals surface area contributed by atoms with Gasteiger partial charge in [-0.2, -0.15) is 0 Å². The van der Waals surface area contributed by atoms with Crippen molar-refractivity contribution >= 4 is 6.09 Å². The number of piperidine rings is 1. The van der Waals surface area contributed by atoms with Crippen molar-refractivity contribution in [1.29, 1.82) is 0 Å². The van der Waals surface area contributed by atoms with Crippen molar-refractivity contribution in [2.24, 2.45) is 0 Å². The SMILES string of the molecule is Cc1cn(CCO)c(C2CCN(C(=O)OC(C)(C)C)CC2)n1. The lowest BCUT2D eigenvalue weighted by atomic mass is 9.96. The molecule has 0 bridgehead atoms. The molecule has 0 saturated carbocycles. The summed E-state index contributed by atoms with van der Waals surface area (Å²) in [6, 6.07) is 0. The van der Waals surface area contributed by atoms with Gasteiger partial charge in [0.2, 0.25) is 0 Å². The highest BCUT2D eigenvalue weighted by atomic mass is 16.6. The van der Waals surface area contributed by atoms with E-state index in [-0.39, 0.29) is 12.7 Å². The van der Waals surface area contributed by atoms with E-state index in [0.29, 0.717) is 25.6 Å². The number of aliphatic hydroxyl groups is 1. The minimum atomic E-state index is -0.456. The normalized spacial score (nSPS) is 16.9. The highest BCUT2D eigenvalue weighted by Crippen LogP contribution is 2.28. The number of amides is 1. The Kier molecular flexibility index (Phi) is 5.11. The molecule has 0 radical (unpaired) electrons. The smallest absolute Gasteiger partial charge is 0.410 e. The lowest BCUT2D eigenvalue weighted by molar-refractivity contribution is 0.0202. The maximum atomic E-state index is 12.1. The Balaban J connectivity index is 1.96. The lowest BCUT2D eigenvalue weighted by Crippen LogP contribution is -2.41. The molecule has 1 amide bonds. The molecule has 0 aromatic carbocycles. The van der Waals surface area contributed by atoms with Crippen molar-refractivity contribution in [2.45, 2.75) is 58.6 Å². The number of likely N-dealkylation sites (tertiary alicyclic amines) is 1. The summed E-state index contributed by atoms with van der Waals surface area (Å²) in [5.41, 5.74) is 0.514. The molecular weight excluding hydrogens is 282 g/mol. The van der Waals surface area contributed by atoms with Crippen LogP contribution in [0.25, 0.3) is 0 Å². The predicted molar refractivity (Wildman–Crippen MR) is 83.8 cm³/mol. The van der Waals surface area contributed by atoms with Gasteiger partial charge >= 0.3 is 6.09 Å². The standard InChI is InChI=1S/C16H27N3O3/c1-12-11-19(9-10-20)14(17-12)13-5-7-18(8-6-13)15(21)22-16(2,3)4/h11,13,20H,5-10H2,1-4H3. The van der Waals surface area contributed by atoms with Gasteiger partial charge in [-0.25, -0.2) is 9.78 Å². The van der Waals surface area contributed by atoms with Crippen LogP contribution in [0.3, 0.4) is 0 Å². The van der Waals surface area contributed by atoms with E-state index in [1.165, 1.54) is 0 Å². The fourth-order valence-electron chi connectivity index (χ4n) is 2.82. The molecule has 1 aromatic rings. The number of rotatable bonds is 3. The fraction of sp³-hybridized carbons (Fsp3) is 0.750. The van der Waals surface area contributed by atoms with Gasteiger partial charge in [0.15, 0.2) is 0 Å². The van der Waals surface area contributed by atoms with Crippen LogP contribution in [0.15, 0.2) is 6.20 Å². The van der Waals surface area contributed by atoms with E-state index >= 15 is 0 Å². The Morgan fingerprint density at radius 1 is 1.41 bits per heavy atom. The van der Waals surface area contributed by atoms with Gasteiger partial charge in [0, 0.05) is 31.7 Å². The summed E-state index contributed by atoms with van der Waals surface area (Å²) in [5, 5.41) is 9.16. The van der Waals surface area contributed by atoms with E-state index in [2.05, 4.69) is 4.98 Å². The van der Waals surface area contributed by atoms with E-state index in [9.17, 15) is 4.79 Å². The number of imidazole rings is 1. The highest BCUT2D eigenvalue weighted by molar-refractivity contribution is 5.68. The van der Waals surface area contributed by atoms with Crippen molar-refractivity contribution < 1.29 is 14.6 Å². The number of carbonyl (C=O) groups excluding carboxylic acids is 1. The third-order valence-corrected chi connectivity index (χ3v) is 3.78. The predicted octanol–water partition coefficient (Wildman–Crippen LogP) is 2.30. The number of aromatic nitrogens is 2. The Hall–Kier alpha value is -1.56. The number of ether oxygens (including phenoxy) is 1. The average Bonchev–Trinajstić information content (AvgIpc) is 2.78. The summed E-state index contributed by atoms with van der Waals surface area (Å²) in [6.07, 6.45) is 3.49. The third-order valence-electron chi connectivity index (χ3n) is 3.78. The molecule has 2 rings (SSSR count). The first-order chi connectivity index (χ1) is 10.3. The van der Waals surface area contributed by atoms with Crippen LogP contribution in [0.4, 0.5) is 4.79 Å². The molecule has 6 nitrogen and oxygen atoms in total. The number of aliphatic hydroxyl groups excluding tert-OH is 1. The second kappa shape index (κ2) is 6.69. The first-order valence-electron chi connectivity index (χ1n) is 7.92. The molecule has 0 atom stereocenters. The minimum Gasteiger partial charge on any atom is -0.444 e. The Morgan fingerprint density at radius 3 is 2.59 bits per heavy atom. The largest absolute Gasteiger partial charge is 0.444 e.